The van der Waals surface area contributed by atoms with Gasteiger partial charge in [0.25, 0.3) is 0 Å². The van der Waals surface area contributed by atoms with Crippen molar-refractivity contribution in [2.24, 2.45) is 0 Å². The van der Waals surface area contributed by atoms with Gasteiger partial charge in [-0.2, -0.15) is 0 Å². The van der Waals surface area contributed by atoms with E-state index < -0.39 is 0 Å². The van der Waals surface area contributed by atoms with Crippen molar-refractivity contribution in [2.45, 2.75) is 38.8 Å². The fourth-order valence-corrected chi connectivity index (χ4v) is 3.79. The molecule has 6 heteroatoms. The Morgan fingerprint density at radius 2 is 1.83 bits per heavy atom. The number of nitrogens with one attached hydrogen (secondary N) is 1. The molecule has 0 spiro atoms. The minimum atomic E-state index is 0. The molecule has 1 atom stereocenters. The average Bonchev–Trinajstić information content (AvgIpc) is 3.17. The van der Waals surface area contributed by atoms with Crippen molar-refractivity contribution in [1.82, 2.24) is 10.2 Å². The Morgan fingerprint density at radius 1 is 1.03 bits per heavy atom. The summed E-state index contributed by atoms with van der Waals surface area (Å²) >= 11 is 0. The zero-order valence-electron chi connectivity index (χ0n) is 17.4. The molecule has 1 saturated heterocycles. The molecule has 1 heterocycles. The van der Waals surface area contributed by atoms with Gasteiger partial charge in [0, 0.05) is 25.6 Å². The lowest BCUT2D eigenvalue weighted by atomic mass is 10.1. The average molecular weight is 441 g/mol. The molecule has 1 N–H and O–H groups in total. The standard InChI is InChI=1S/C23H32N2O2.2ClH/c1-3-25-14-7-10-21(25)18-24-17-20-11-12-22(23(16-20)26-2)27-15-13-19-8-5-4-6-9-19;;/h4-6,8-9,11-12,16,21,24H,3,7,10,13-15,17-18H2,1-2H3;2*1H. The minimum absolute atomic E-state index is 0. The lowest BCUT2D eigenvalue weighted by Gasteiger charge is -2.23. The van der Waals surface area contributed by atoms with Crippen LogP contribution in [0.15, 0.2) is 48.5 Å². The second-order valence-corrected chi connectivity index (χ2v) is 7.12. The van der Waals surface area contributed by atoms with Gasteiger partial charge in [-0.15, -0.1) is 24.8 Å². The monoisotopic (exact) mass is 440 g/mol. The van der Waals surface area contributed by atoms with Crippen LogP contribution in [0.5, 0.6) is 11.5 Å². The predicted octanol–water partition coefficient (Wildman–Crippen LogP) is 4.73. The van der Waals surface area contributed by atoms with E-state index in [1.165, 1.54) is 30.5 Å². The number of hydrogen-bond acceptors (Lipinski definition) is 4. The van der Waals surface area contributed by atoms with Crippen molar-refractivity contribution in [1.29, 1.82) is 0 Å². The highest BCUT2D eigenvalue weighted by molar-refractivity contribution is 5.85. The van der Waals surface area contributed by atoms with Gasteiger partial charge >= 0.3 is 0 Å². The second kappa shape index (κ2) is 13.7. The van der Waals surface area contributed by atoms with Crippen LogP contribution in [0.4, 0.5) is 0 Å². The van der Waals surface area contributed by atoms with Crippen LogP contribution in [-0.4, -0.2) is 44.3 Å². The molecule has 29 heavy (non-hydrogen) atoms. The molecule has 1 fully saturated rings. The highest BCUT2D eigenvalue weighted by Gasteiger charge is 2.22. The Balaban J connectivity index is 0.00000210. The third-order valence-electron chi connectivity index (χ3n) is 5.33. The van der Waals surface area contributed by atoms with Crippen molar-refractivity contribution >= 4 is 24.8 Å². The molecule has 1 aliphatic heterocycles. The van der Waals surface area contributed by atoms with Crippen LogP contribution in [0, 0.1) is 0 Å². The summed E-state index contributed by atoms with van der Waals surface area (Å²) in [7, 11) is 1.70. The Hall–Kier alpha value is -1.46. The highest BCUT2D eigenvalue weighted by atomic mass is 35.5. The van der Waals surface area contributed by atoms with E-state index in [0.717, 1.165) is 37.6 Å². The van der Waals surface area contributed by atoms with Crippen molar-refractivity contribution in [3.8, 4) is 11.5 Å². The summed E-state index contributed by atoms with van der Waals surface area (Å²) in [5, 5.41) is 3.61. The molecule has 2 aromatic rings. The maximum absolute atomic E-state index is 5.95. The summed E-state index contributed by atoms with van der Waals surface area (Å²) in [6, 6.07) is 17.3. The third kappa shape index (κ3) is 7.71. The predicted molar refractivity (Wildman–Crippen MR) is 125 cm³/mol. The van der Waals surface area contributed by atoms with Crippen LogP contribution in [0.2, 0.25) is 0 Å². The van der Waals surface area contributed by atoms with Crippen molar-refractivity contribution in [2.75, 3.05) is 33.4 Å². The molecule has 0 radical (unpaired) electrons. The summed E-state index contributed by atoms with van der Waals surface area (Å²) in [5.41, 5.74) is 2.51. The summed E-state index contributed by atoms with van der Waals surface area (Å²) in [6.45, 7) is 7.19. The molecule has 162 valence electrons. The quantitative estimate of drug-likeness (QED) is 0.578. The summed E-state index contributed by atoms with van der Waals surface area (Å²) in [6.07, 6.45) is 3.52. The van der Waals surface area contributed by atoms with E-state index in [1.54, 1.807) is 7.11 Å². The Labute approximate surface area is 187 Å². The van der Waals surface area contributed by atoms with Gasteiger partial charge in [0.15, 0.2) is 11.5 Å². The van der Waals surface area contributed by atoms with Gasteiger partial charge in [0.05, 0.1) is 13.7 Å². The molecular formula is C23H34Cl2N2O2. The first kappa shape index (κ1) is 25.6. The number of hydrogen-bond donors (Lipinski definition) is 1. The Morgan fingerprint density at radius 3 is 2.55 bits per heavy atom. The van der Waals surface area contributed by atoms with E-state index in [9.17, 15) is 0 Å². The van der Waals surface area contributed by atoms with Gasteiger partial charge in [-0.25, -0.2) is 0 Å². The van der Waals surface area contributed by atoms with Crippen LogP contribution in [-0.2, 0) is 13.0 Å². The Kier molecular flexibility index (Phi) is 12.1. The van der Waals surface area contributed by atoms with Crippen LogP contribution in [0.3, 0.4) is 0 Å². The van der Waals surface area contributed by atoms with Gasteiger partial charge in [0.2, 0.25) is 0 Å². The fourth-order valence-electron chi connectivity index (χ4n) is 3.79. The maximum atomic E-state index is 5.95. The number of methoxy groups -OCH3 is 1. The van der Waals surface area contributed by atoms with Crippen molar-refractivity contribution in [3.63, 3.8) is 0 Å². The van der Waals surface area contributed by atoms with Crippen LogP contribution < -0.4 is 14.8 Å². The normalized spacial score (nSPS) is 16.0. The molecule has 2 aromatic carbocycles. The number of benzene rings is 2. The topological polar surface area (TPSA) is 33.7 Å². The van der Waals surface area contributed by atoms with Crippen LogP contribution in [0.1, 0.15) is 30.9 Å². The molecule has 1 unspecified atom stereocenters. The first-order chi connectivity index (χ1) is 13.3. The largest absolute Gasteiger partial charge is 0.493 e. The van der Waals surface area contributed by atoms with Crippen molar-refractivity contribution in [3.05, 3.63) is 59.7 Å². The zero-order chi connectivity index (χ0) is 18.9. The molecule has 0 bridgehead atoms. The van der Waals surface area contributed by atoms with E-state index in [4.69, 9.17) is 9.47 Å². The Bertz CT molecular complexity index is 701. The van der Waals surface area contributed by atoms with E-state index in [-0.39, 0.29) is 24.8 Å². The van der Waals surface area contributed by atoms with Gasteiger partial charge in [-0.05, 0) is 49.2 Å². The summed E-state index contributed by atoms with van der Waals surface area (Å²) in [5.74, 6) is 1.61. The molecule has 0 saturated carbocycles. The molecule has 1 aliphatic rings. The lowest BCUT2D eigenvalue weighted by molar-refractivity contribution is 0.260. The number of likely N-dealkylation sites (N-methyl/N-ethyl adjacent to an activating group) is 1. The molecule has 0 amide bonds. The first-order valence-electron chi connectivity index (χ1n) is 10.1. The zero-order valence-corrected chi connectivity index (χ0v) is 19.1. The smallest absolute Gasteiger partial charge is 0.161 e. The van der Waals surface area contributed by atoms with Gasteiger partial charge in [0.1, 0.15) is 0 Å². The van der Waals surface area contributed by atoms with Crippen molar-refractivity contribution < 1.29 is 9.47 Å². The highest BCUT2D eigenvalue weighted by Crippen LogP contribution is 2.28. The van der Waals surface area contributed by atoms with Gasteiger partial charge in [-0.1, -0.05) is 43.3 Å². The number of rotatable bonds is 10. The van der Waals surface area contributed by atoms with Crippen LogP contribution in [0.25, 0.3) is 0 Å². The molecule has 0 aliphatic carbocycles. The number of likely N-dealkylation sites (tertiary alicyclic amines) is 1. The number of ether oxygens (including phenoxy) is 2. The summed E-state index contributed by atoms with van der Waals surface area (Å²) in [4.78, 5) is 2.57. The maximum Gasteiger partial charge on any atom is 0.161 e. The van der Waals surface area contributed by atoms with Gasteiger partial charge < -0.3 is 14.8 Å². The molecule has 3 rings (SSSR count). The molecular weight excluding hydrogens is 407 g/mol. The second-order valence-electron chi connectivity index (χ2n) is 7.12. The number of halogens is 2. The first-order valence-corrected chi connectivity index (χ1v) is 10.1. The summed E-state index contributed by atoms with van der Waals surface area (Å²) < 4.78 is 11.5. The van der Waals surface area contributed by atoms with E-state index >= 15 is 0 Å². The van der Waals surface area contributed by atoms with E-state index in [2.05, 4.69) is 53.5 Å². The fraction of sp³-hybridized carbons (Fsp3) is 0.478. The minimum Gasteiger partial charge on any atom is -0.493 e. The van der Waals surface area contributed by atoms with Crippen LogP contribution >= 0.6 is 24.8 Å². The van der Waals surface area contributed by atoms with E-state index in [0.29, 0.717) is 12.6 Å². The molecule has 4 nitrogen and oxygen atoms in total. The van der Waals surface area contributed by atoms with E-state index in [1.807, 2.05) is 12.1 Å². The van der Waals surface area contributed by atoms with Gasteiger partial charge in [-0.3, -0.25) is 4.90 Å². The molecule has 0 aromatic heterocycles. The third-order valence-corrected chi connectivity index (χ3v) is 5.33. The lowest BCUT2D eigenvalue weighted by Crippen LogP contribution is -2.37. The SMILES string of the molecule is CCN1CCCC1CNCc1ccc(OCCc2ccccc2)c(OC)c1.Cl.Cl. The number of nitrogens with zero attached hydrogens (tertiary/aromatic N) is 1.